The van der Waals surface area contributed by atoms with E-state index in [2.05, 4.69) is 4.74 Å². The molecule has 2 N–H and O–H groups in total. The summed E-state index contributed by atoms with van der Waals surface area (Å²) in [6, 6.07) is 5.26. The van der Waals surface area contributed by atoms with Crippen LogP contribution in [-0.2, 0) is 16.0 Å². The fraction of sp³-hybridized carbons (Fsp3) is 0.417. The van der Waals surface area contributed by atoms with Crippen LogP contribution in [0.5, 0.6) is 5.75 Å². The molecule has 17 heavy (non-hydrogen) atoms. The van der Waals surface area contributed by atoms with Gasteiger partial charge >= 0.3 is 5.97 Å². The average Bonchev–Trinajstić information content (AvgIpc) is 2.29. The summed E-state index contributed by atoms with van der Waals surface area (Å²) in [5.41, 5.74) is 6.55. The summed E-state index contributed by atoms with van der Waals surface area (Å²) in [5.74, 6) is 0.136. The molecule has 1 aromatic rings. The van der Waals surface area contributed by atoms with Crippen molar-refractivity contribution in [1.29, 1.82) is 0 Å². The lowest BCUT2D eigenvalue weighted by atomic mass is 10.1. The van der Waals surface area contributed by atoms with Crippen LogP contribution in [0.15, 0.2) is 18.2 Å². The molecule has 4 nitrogen and oxygen atoms in total. The monoisotopic (exact) mass is 257 g/mol. The lowest BCUT2D eigenvalue weighted by molar-refractivity contribution is -0.142. The van der Waals surface area contributed by atoms with Gasteiger partial charge in [-0.05, 0) is 25.5 Å². The van der Waals surface area contributed by atoms with Gasteiger partial charge in [0.2, 0.25) is 0 Å². The van der Waals surface area contributed by atoms with E-state index in [1.165, 1.54) is 7.11 Å². The van der Waals surface area contributed by atoms with Crippen LogP contribution in [0.3, 0.4) is 0 Å². The topological polar surface area (TPSA) is 61.5 Å². The zero-order valence-electron chi connectivity index (χ0n) is 9.90. The summed E-state index contributed by atoms with van der Waals surface area (Å²) in [4.78, 5) is 11.0. The Morgan fingerprint density at radius 3 is 2.82 bits per heavy atom. The molecule has 5 heteroatoms. The smallest absolute Gasteiger partial charge is 0.343 e. The Hall–Kier alpha value is -1.26. The Kier molecular flexibility index (Phi) is 5.25. The fourth-order valence-electron chi connectivity index (χ4n) is 1.39. The Morgan fingerprint density at radius 1 is 1.53 bits per heavy atom. The Morgan fingerprint density at radius 2 is 2.24 bits per heavy atom. The van der Waals surface area contributed by atoms with Crippen LogP contribution in [0.25, 0.3) is 0 Å². The van der Waals surface area contributed by atoms with Gasteiger partial charge in [0.15, 0.2) is 6.61 Å². The summed E-state index contributed by atoms with van der Waals surface area (Å²) < 4.78 is 9.86. The first-order valence-electron chi connectivity index (χ1n) is 5.27. The van der Waals surface area contributed by atoms with E-state index in [4.69, 9.17) is 22.1 Å². The van der Waals surface area contributed by atoms with Gasteiger partial charge in [-0.2, -0.15) is 0 Å². The molecular formula is C12H16ClNO3. The molecule has 1 rings (SSSR count). The second-order valence-electron chi connectivity index (χ2n) is 3.76. The summed E-state index contributed by atoms with van der Waals surface area (Å²) >= 11 is 6.07. The minimum Gasteiger partial charge on any atom is -0.482 e. The normalized spacial score (nSPS) is 12.0. The minimum absolute atomic E-state index is 0.0321. The molecule has 0 aliphatic carbocycles. The van der Waals surface area contributed by atoms with Crippen LogP contribution < -0.4 is 10.5 Å². The van der Waals surface area contributed by atoms with Crippen LogP contribution >= 0.6 is 11.6 Å². The summed E-state index contributed by atoms with van der Waals surface area (Å²) in [5, 5.41) is 0.588. The van der Waals surface area contributed by atoms with Crippen molar-refractivity contribution in [1.82, 2.24) is 0 Å². The fourth-order valence-corrected chi connectivity index (χ4v) is 1.63. The van der Waals surface area contributed by atoms with Gasteiger partial charge in [0, 0.05) is 16.6 Å². The minimum atomic E-state index is -0.434. The van der Waals surface area contributed by atoms with Gasteiger partial charge < -0.3 is 15.2 Å². The predicted octanol–water partition coefficient (Wildman–Crippen LogP) is 1.78. The maximum Gasteiger partial charge on any atom is 0.343 e. The van der Waals surface area contributed by atoms with Gasteiger partial charge in [0.05, 0.1) is 7.11 Å². The molecule has 94 valence electrons. The molecule has 0 heterocycles. The van der Waals surface area contributed by atoms with E-state index < -0.39 is 5.97 Å². The van der Waals surface area contributed by atoms with E-state index >= 15 is 0 Å². The molecule has 0 bridgehead atoms. The third-order valence-electron chi connectivity index (χ3n) is 2.18. The second-order valence-corrected chi connectivity index (χ2v) is 4.17. The maximum absolute atomic E-state index is 11.0. The van der Waals surface area contributed by atoms with Crippen molar-refractivity contribution in [2.75, 3.05) is 13.7 Å². The van der Waals surface area contributed by atoms with Gasteiger partial charge in [-0.1, -0.05) is 17.7 Å². The largest absolute Gasteiger partial charge is 0.482 e. The Bertz CT molecular complexity index is 393. The first kappa shape index (κ1) is 13.8. The molecule has 0 aliphatic rings. The zero-order valence-corrected chi connectivity index (χ0v) is 10.7. The number of esters is 1. The SMILES string of the molecule is COC(=O)COc1cccc(Cl)c1CC(C)N. The van der Waals surface area contributed by atoms with E-state index in [1.807, 2.05) is 6.92 Å². The number of hydrogen-bond donors (Lipinski definition) is 1. The quantitative estimate of drug-likeness (QED) is 0.817. The number of carbonyl (C=O) groups is 1. The zero-order chi connectivity index (χ0) is 12.8. The number of hydrogen-bond acceptors (Lipinski definition) is 4. The number of halogens is 1. The number of rotatable bonds is 5. The van der Waals surface area contributed by atoms with Crippen LogP contribution in [0.4, 0.5) is 0 Å². The van der Waals surface area contributed by atoms with Crippen LogP contribution in [0, 0.1) is 0 Å². The maximum atomic E-state index is 11.0. The van der Waals surface area contributed by atoms with Crippen LogP contribution in [-0.4, -0.2) is 25.7 Å². The van der Waals surface area contributed by atoms with E-state index in [-0.39, 0.29) is 12.6 Å². The van der Waals surface area contributed by atoms with Gasteiger partial charge in [-0.15, -0.1) is 0 Å². The molecule has 0 aliphatic heterocycles. The van der Waals surface area contributed by atoms with Crippen molar-refractivity contribution in [3.8, 4) is 5.75 Å². The van der Waals surface area contributed by atoms with Gasteiger partial charge in [-0.25, -0.2) is 4.79 Å². The highest BCUT2D eigenvalue weighted by atomic mass is 35.5. The third-order valence-corrected chi connectivity index (χ3v) is 2.53. The lowest BCUT2D eigenvalue weighted by Crippen LogP contribution is -2.19. The van der Waals surface area contributed by atoms with E-state index in [0.29, 0.717) is 17.2 Å². The first-order valence-corrected chi connectivity index (χ1v) is 5.65. The molecule has 0 amide bonds. The van der Waals surface area contributed by atoms with Crippen LogP contribution in [0.1, 0.15) is 12.5 Å². The number of methoxy groups -OCH3 is 1. The van der Waals surface area contributed by atoms with Crippen molar-refractivity contribution in [2.24, 2.45) is 5.73 Å². The van der Waals surface area contributed by atoms with Crippen LogP contribution in [0.2, 0.25) is 5.02 Å². The Balaban J connectivity index is 2.82. The predicted molar refractivity (Wildman–Crippen MR) is 66.3 cm³/mol. The van der Waals surface area contributed by atoms with E-state index in [9.17, 15) is 4.79 Å². The number of ether oxygens (including phenoxy) is 2. The molecular weight excluding hydrogens is 242 g/mol. The number of nitrogens with two attached hydrogens (primary N) is 1. The average molecular weight is 258 g/mol. The summed E-state index contributed by atoms with van der Waals surface area (Å²) in [6.45, 7) is 1.75. The molecule has 0 aromatic heterocycles. The summed E-state index contributed by atoms with van der Waals surface area (Å²) in [7, 11) is 1.31. The molecule has 1 atom stereocenters. The first-order chi connectivity index (χ1) is 8.04. The molecule has 0 fully saturated rings. The Labute approximate surface area is 106 Å². The van der Waals surface area contributed by atoms with Crippen molar-refractivity contribution >= 4 is 17.6 Å². The molecule has 0 saturated carbocycles. The number of benzene rings is 1. The highest BCUT2D eigenvalue weighted by Gasteiger charge is 2.11. The van der Waals surface area contributed by atoms with E-state index in [1.54, 1.807) is 18.2 Å². The van der Waals surface area contributed by atoms with Crippen molar-refractivity contribution in [3.05, 3.63) is 28.8 Å². The molecule has 0 saturated heterocycles. The third kappa shape index (κ3) is 4.24. The summed E-state index contributed by atoms with van der Waals surface area (Å²) in [6.07, 6.45) is 0.593. The second kappa shape index (κ2) is 6.47. The highest BCUT2D eigenvalue weighted by molar-refractivity contribution is 6.31. The standard InChI is InChI=1S/C12H16ClNO3/c1-8(14)6-9-10(13)4-3-5-11(9)17-7-12(15)16-2/h3-5,8H,6-7,14H2,1-2H3. The van der Waals surface area contributed by atoms with Crippen molar-refractivity contribution in [2.45, 2.75) is 19.4 Å². The highest BCUT2D eigenvalue weighted by Crippen LogP contribution is 2.27. The molecule has 1 aromatic carbocycles. The number of carbonyl (C=O) groups excluding carboxylic acids is 1. The molecule has 0 radical (unpaired) electrons. The van der Waals surface area contributed by atoms with Gasteiger partial charge in [0.1, 0.15) is 5.75 Å². The van der Waals surface area contributed by atoms with Crippen molar-refractivity contribution in [3.63, 3.8) is 0 Å². The lowest BCUT2D eigenvalue weighted by Gasteiger charge is -2.13. The van der Waals surface area contributed by atoms with E-state index in [0.717, 1.165) is 5.56 Å². The van der Waals surface area contributed by atoms with Gasteiger partial charge in [0.25, 0.3) is 0 Å². The molecule has 0 spiro atoms. The van der Waals surface area contributed by atoms with Gasteiger partial charge in [-0.3, -0.25) is 0 Å². The van der Waals surface area contributed by atoms with Crippen molar-refractivity contribution < 1.29 is 14.3 Å². The molecule has 1 unspecified atom stereocenters.